The molecule has 0 aliphatic heterocycles. The van der Waals surface area contributed by atoms with Gasteiger partial charge >= 0.3 is 5.97 Å². The van der Waals surface area contributed by atoms with E-state index in [0.717, 1.165) is 16.8 Å². The lowest BCUT2D eigenvalue weighted by Gasteiger charge is -2.11. The molecule has 2 rings (SSSR count). The lowest BCUT2D eigenvalue weighted by Crippen LogP contribution is -2.10. The number of esters is 1. The summed E-state index contributed by atoms with van der Waals surface area (Å²) in [5.41, 5.74) is 0. The molecular weight excluding hydrogens is 244 g/mol. The molecule has 0 unspecified atom stereocenters. The third kappa shape index (κ3) is 3.04. The molecule has 4 heteroatoms. The Labute approximate surface area is 110 Å². The van der Waals surface area contributed by atoms with Gasteiger partial charge in [0.15, 0.2) is 11.5 Å². The van der Waals surface area contributed by atoms with Crippen molar-refractivity contribution in [3.8, 4) is 11.5 Å². The van der Waals surface area contributed by atoms with Crippen LogP contribution in [0.4, 0.5) is 0 Å². The number of hydrogen-bond donors (Lipinski definition) is 1. The zero-order valence-corrected chi connectivity index (χ0v) is 10.3. The number of ether oxygens (including phenoxy) is 2. The van der Waals surface area contributed by atoms with Gasteiger partial charge in [-0.15, -0.1) is 0 Å². The Morgan fingerprint density at radius 3 is 2.79 bits per heavy atom. The van der Waals surface area contributed by atoms with Crippen molar-refractivity contribution < 1.29 is 19.4 Å². The van der Waals surface area contributed by atoms with Gasteiger partial charge in [-0.1, -0.05) is 36.9 Å². The molecule has 0 fully saturated rings. The van der Waals surface area contributed by atoms with Crippen molar-refractivity contribution in [2.75, 3.05) is 13.2 Å². The molecule has 0 saturated carbocycles. The highest BCUT2D eigenvalue weighted by molar-refractivity contribution is 5.90. The minimum absolute atomic E-state index is 0.0637. The summed E-state index contributed by atoms with van der Waals surface area (Å²) in [6.07, 6.45) is 1.09. The molecule has 2 aromatic rings. The van der Waals surface area contributed by atoms with E-state index in [0.29, 0.717) is 5.75 Å². The zero-order valence-electron chi connectivity index (χ0n) is 10.3. The first-order valence-corrected chi connectivity index (χ1v) is 5.85. The van der Waals surface area contributed by atoms with Crippen LogP contribution in [-0.2, 0) is 9.53 Å². The number of benzene rings is 2. The van der Waals surface area contributed by atoms with Gasteiger partial charge in [-0.05, 0) is 11.5 Å². The molecule has 0 atom stereocenters. The largest absolute Gasteiger partial charge is 0.504 e. The average Bonchev–Trinajstić information content (AvgIpc) is 2.45. The van der Waals surface area contributed by atoms with E-state index in [4.69, 9.17) is 9.47 Å². The van der Waals surface area contributed by atoms with E-state index in [2.05, 4.69) is 6.58 Å². The van der Waals surface area contributed by atoms with Crippen LogP contribution in [0.3, 0.4) is 0 Å². The van der Waals surface area contributed by atoms with Gasteiger partial charge in [0, 0.05) is 11.5 Å². The normalized spacial score (nSPS) is 10.1. The third-order valence-corrected chi connectivity index (χ3v) is 2.60. The molecule has 4 nitrogen and oxygen atoms in total. The smallest absolute Gasteiger partial charge is 0.330 e. The molecule has 1 N–H and O–H groups in total. The topological polar surface area (TPSA) is 55.8 Å². The van der Waals surface area contributed by atoms with E-state index in [-0.39, 0.29) is 19.0 Å². The number of fused-ring (bicyclic) bond motifs is 1. The van der Waals surface area contributed by atoms with Gasteiger partial charge in [-0.3, -0.25) is 0 Å². The van der Waals surface area contributed by atoms with E-state index < -0.39 is 5.97 Å². The van der Waals surface area contributed by atoms with Crippen LogP contribution in [0.1, 0.15) is 0 Å². The Kier molecular flexibility index (Phi) is 4.03. The maximum Gasteiger partial charge on any atom is 0.330 e. The first-order chi connectivity index (χ1) is 9.22. The molecule has 0 heterocycles. The summed E-state index contributed by atoms with van der Waals surface area (Å²) < 4.78 is 10.3. The molecule has 98 valence electrons. The number of hydrogen-bond acceptors (Lipinski definition) is 4. The highest BCUT2D eigenvalue weighted by Gasteiger charge is 2.08. The summed E-state index contributed by atoms with van der Waals surface area (Å²) >= 11 is 0. The van der Waals surface area contributed by atoms with E-state index in [9.17, 15) is 9.90 Å². The van der Waals surface area contributed by atoms with Crippen molar-refractivity contribution in [2.24, 2.45) is 0 Å². The molecule has 0 radical (unpaired) electrons. The predicted octanol–water partition coefficient (Wildman–Crippen LogP) is 2.65. The standard InChI is InChI=1S/C15H14O4/c1-2-14(17)18-9-10-19-15-12-6-4-3-5-11(12)7-8-13(15)16/h2-8,16H,1,9-10H2. The molecule has 0 saturated heterocycles. The summed E-state index contributed by atoms with van der Waals surface area (Å²) in [5, 5.41) is 11.6. The highest BCUT2D eigenvalue weighted by atomic mass is 16.6. The highest BCUT2D eigenvalue weighted by Crippen LogP contribution is 2.34. The van der Waals surface area contributed by atoms with Gasteiger partial charge < -0.3 is 14.6 Å². The number of rotatable bonds is 5. The lowest BCUT2D eigenvalue weighted by molar-refractivity contribution is -0.138. The van der Waals surface area contributed by atoms with Gasteiger partial charge in [-0.25, -0.2) is 4.79 Å². The predicted molar refractivity (Wildman–Crippen MR) is 72.3 cm³/mol. The fraction of sp³-hybridized carbons (Fsp3) is 0.133. The van der Waals surface area contributed by atoms with Gasteiger partial charge in [0.05, 0.1) is 0 Å². The minimum atomic E-state index is -0.495. The van der Waals surface area contributed by atoms with Crippen molar-refractivity contribution in [2.45, 2.75) is 0 Å². The minimum Gasteiger partial charge on any atom is -0.504 e. The van der Waals surface area contributed by atoms with E-state index in [1.807, 2.05) is 30.3 Å². The van der Waals surface area contributed by atoms with E-state index in [1.54, 1.807) is 6.07 Å². The number of carbonyl (C=O) groups is 1. The number of phenolic OH excluding ortho intramolecular Hbond substituents is 1. The second kappa shape index (κ2) is 5.91. The van der Waals surface area contributed by atoms with Gasteiger partial charge in [-0.2, -0.15) is 0 Å². The number of phenols is 1. The van der Waals surface area contributed by atoms with E-state index >= 15 is 0 Å². The van der Waals surface area contributed by atoms with Crippen molar-refractivity contribution >= 4 is 16.7 Å². The molecule has 0 bridgehead atoms. The Balaban J connectivity index is 2.09. The SMILES string of the molecule is C=CC(=O)OCCOc1c(O)ccc2ccccc12. The van der Waals surface area contributed by atoms with Gasteiger partial charge in [0.1, 0.15) is 13.2 Å². The summed E-state index contributed by atoms with van der Waals surface area (Å²) in [7, 11) is 0. The van der Waals surface area contributed by atoms with Crippen molar-refractivity contribution in [1.82, 2.24) is 0 Å². The maximum atomic E-state index is 10.9. The summed E-state index contributed by atoms with van der Waals surface area (Å²) in [5.74, 6) is -0.0350. The average molecular weight is 258 g/mol. The van der Waals surface area contributed by atoms with Gasteiger partial charge in [0.2, 0.25) is 0 Å². The fourth-order valence-corrected chi connectivity index (χ4v) is 1.73. The lowest BCUT2D eigenvalue weighted by atomic mass is 10.1. The molecule has 2 aromatic carbocycles. The molecule has 0 spiro atoms. The van der Waals surface area contributed by atoms with Crippen LogP contribution in [0.5, 0.6) is 11.5 Å². The van der Waals surface area contributed by atoms with Crippen LogP contribution < -0.4 is 4.74 Å². The quantitative estimate of drug-likeness (QED) is 0.509. The van der Waals surface area contributed by atoms with E-state index in [1.165, 1.54) is 0 Å². The molecule has 0 aliphatic carbocycles. The van der Waals surface area contributed by atoms with Gasteiger partial charge in [0.25, 0.3) is 0 Å². The van der Waals surface area contributed by atoms with Crippen LogP contribution in [0, 0.1) is 0 Å². The van der Waals surface area contributed by atoms with Crippen LogP contribution in [0.2, 0.25) is 0 Å². The fourth-order valence-electron chi connectivity index (χ4n) is 1.73. The molecular formula is C15H14O4. The summed E-state index contributed by atoms with van der Waals surface area (Å²) in [6.45, 7) is 3.57. The first-order valence-electron chi connectivity index (χ1n) is 5.85. The van der Waals surface area contributed by atoms with Crippen LogP contribution in [0.15, 0.2) is 49.1 Å². The molecule has 0 amide bonds. The monoisotopic (exact) mass is 258 g/mol. The van der Waals surface area contributed by atoms with Crippen molar-refractivity contribution in [3.63, 3.8) is 0 Å². The summed E-state index contributed by atoms with van der Waals surface area (Å²) in [6, 6.07) is 11.0. The van der Waals surface area contributed by atoms with Crippen LogP contribution >= 0.6 is 0 Å². The molecule has 0 aliphatic rings. The summed E-state index contributed by atoms with van der Waals surface area (Å²) in [4.78, 5) is 10.9. The van der Waals surface area contributed by atoms with Crippen LogP contribution in [0.25, 0.3) is 10.8 Å². The Morgan fingerprint density at radius 1 is 1.21 bits per heavy atom. The Hall–Kier alpha value is -2.49. The Bertz CT molecular complexity index is 604. The first kappa shape index (κ1) is 13.0. The number of carbonyl (C=O) groups excluding carboxylic acids is 1. The third-order valence-electron chi connectivity index (χ3n) is 2.60. The number of aromatic hydroxyl groups is 1. The second-order valence-electron chi connectivity index (χ2n) is 3.86. The van der Waals surface area contributed by atoms with Crippen molar-refractivity contribution in [1.29, 1.82) is 0 Å². The zero-order chi connectivity index (χ0) is 13.7. The molecule has 0 aromatic heterocycles. The van der Waals surface area contributed by atoms with Crippen LogP contribution in [-0.4, -0.2) is 24.3 Å². The second-order valence-corrected chi connectivity index (χ2v) is 3.86. The van der Waals surface area contributed by atoms with Crippen molar-refractivity contribution in [3.05, 3.63) is 49.1 Å². The Morgan fingerprint density at radius 2 is 2.00 bits per heavy atom. The maximum absolute atomic E-state index is 10.9. The molecule has 19 heavy (non-hydrogen) atoms.